The monoisotopic (exact) mass is 292 g/mol. The highest BCUT2D eigenvalue weighted by atomic mass is 17.1. The van der Waals surface area contributed by atoms with Gasteiger partial charge in [0, 0.05) is 0 Å². The Morgan fingerprint density at radius 2 is 1.25 bits per heavy atom. The molecule has 0 aromatic rings. The van der Waals surface area contributed by atoms with Crippen molar-refractivity contribution in [1.29, 1.82) is 0 Å². The van der Waals surface area contributed by atoms with Gasteiger partial charge in [-0.25, -0.2) is 4.89 Å². The molecule has 1 fully saturated rings. The van der Waals surface area contributed by atoms with E-state index in [-0.39, 0.29) is 6.10 Å². The second kappa shape index (κ2) is 10.3. The molecule has 0 spiro atoms. The molecule has 0 atom stereocenters. The van der Waals surface area contributed by atoms with Crippen molar-refractivity contribution in [3.8, 4) is 0 Å². The lowest BCUT2D eigenvalue weighted by Gasteiger charge is -2.35. The van der Waals surface area contributed by atoms with E-state index in [9.17, 15) is 0 Å². The Labute approximate surface area is 117 Å². The second-order valence-electron chi connectivity index (χ2n) is 5.45. The lowest BCUT2D eigenvalue weighted by atomic mass is 9.72. The van der Waals surface area contributed by atoms with Crippen molar-refractivity contribution in [2.24, 2.45) is 11.3 Å². The van der Waals surface area contributed by atoms with Gasteiger partial charge in [0.2, 0.25) is 0 Å². The van der Waals surface area contributed by atoms with Gasteiger partial charge in [-0.2, -0.15) is 0 Å². The van der Waals surface area contributed by atoms with Crippen LogP contribution >= 0.6 is 0 Å². The Morgan fingerprint density at radius 1 is 0.950 bits per heavy atom. The van der Waals surface area contributed by atoms with Gasteiger partial charge >= 0.3 is 0 Å². The molecule has 0 amide bonds. The molecule has 0 bridgehead atoms. The van der Waals surface area contributed by atoms with Crippen molar-refractivity contribution < 1.29 is 40.2 Å². The van der Waals surface area contributed by atoms with Crippen LogP contribution in [0.5, 0.6) is 0 Å². The predicted molar refractivity (Wildman–Crippen MR) is 59.7 cm³/mol. The fourth-order valence-electron chi connectivity index (χ4n) is 2.03. The van der Waals surface area contributed by atoms with E-state index in [1.54, 1.807) is 0 Å². The molecule has 1 aliphatic carbocycles. The van der Waals surface area contributed by atoms with Crippen molar-refractivity contribution >= 4 is 12.3 Å². The summed E-state index contributed by atoms with van der Waals surface area (Å²) in [4.78, 5) is 21.0. The molecule has 0 heterocycles. The van der Waals surface area contributed by atoms with Crippen LogP contribution in [0.4, 0.5) is 9.59 Å². The summed E-state index contributed by atoms with van der Waals surface area (Å²) < 4.78 is 0. The Morgan fingerprint density at radius 3 is 1.45 bits per heavy atom. The summed E-state index contributed by atoms with van der Waals surface area (Å²) in [6.45, 7) is 6.87. The first-order valence-electron chi connectivity index (χ1n) is 6.06. The highest BCUT2D eigenvalue weighted by Crippen LogP contribution is 2.38. The minimum Gasteiger partial charge on any atom is -0.652 e. The van der Waals surface area contributed by atoms with Crippen LogP contribution in [0.15, 0.2) is 0 Å². The number of hydrogen-bond acceptors (Lipinski definition) is 8. The highest BCUT2D eigenvalue weighted by molar-refractivity contribution is 5.47. The first-order chi connectivity index (χ1) is 9.00. The van der Waals surface area contributed by atoms with E-state index in [1.807, 2.05) is 0 Å². The van der Waals surface area contributed by atoms with Gasteiger partial charge in [0.1, 0.15) is 0 Å². The zero-order valence-electron chi connectivity index (χ0n) is 11.8. The van der Waals surface area contributed by atoms with Gasteiger partial charge in [-0.3, -0.25) is 5.26 Å². The molecule has 0 saturated heterocycles. The minimum atomic E-state index is -2.33. The highest BCUT2D eigenvalue weighted by Gasteiger charge is 2.29. The third-order valence-electron chi connectivity index (χ3n) is 3.05. The normalized spacial score (nSPS) is 21.6. The smallest absolute Gasteiger partial charge is 0.0927 e. The number of carbonyl (C=O) groups excluding carboxylic acids is 2. The average molecular weight is 292 g/mol. The van der Waals surface area contributed by atoms with Crippen molar-refractivity contribution in [2.45, 2.75) is 52.6 Å². The van der Waals surface area contributed by atoms with Crippen LogP contribution in [0, 0.1) is 11.3 Å². The molecule has 0 unspecified atom stereocenters. The van der Waals surface area contributed by atoms with Gasteiger partial charge in [0.25, 0.3) is 0 Å². The molecule has 1 rings (SSSR count). The Bertz CT molecular complexity index is 256. The minimum absolute atomic E-state index is 0.101. The quantitative estimate of drug-likeness (QED) is 0.437. The number of rotatable bonds is 1. The average Bonchev–Trinajstić information content (AvgIpc) is 2.26. The van der Waals surface area contributed by atoms with Crippen molar-refractivity contribution in [3.05, 3.63) is 0 Å². The molecule has 20 heavy (non-hydrogen) atoms. The Kier molecular flexibility index (Phi) is 10.7. The molecule has 8 heteroatoms. The zero-order chi connectivity index (χ0) is 16.3. The summed E-state index contributed by atoms with van der Waals surface area (Å²) in [5.74, 6) is 0.795. The van der Waals surface area contributed by atoms with Crippen LogP contribution in [0.3, 0.4) is 0 Å². The van der Waals surface area contributed by atoms with Gasteiger partial charge < -0.3 is 30.0 Å². The van der Waals surface area contributed by atoms with Crippen LogP contribution in [0.2, 0.25) is 0 Å². The molecular formula is C12H20O8-4. The van der Waals surface area contributed by atoms with E-state index in [1.165, 1.54) is 12.8 Å². The van der Waals surface area contributed by atoms with Gasteiger partial charge in [0.05, 0.1) is 6.10 Å². The van der Waals surface area contributed by atoms with Crippen LogP contribution in [-0.2, 0) is 4.89 Å². The summed E-state index contributed by atoms with van der Waals surface area (Å²) in [6.07, 6.45) is -0.163. The van der Waals surface area contributed by atoms with Gasteiger partial charge in [-0.05, 0) is 49.3 Å². The van der Waals surface area contributed by atoms with Crippen molar-refractivity contribution in [2.75, 3.05) is 0 Å². The van der Waals surface area contributed by atoms with E-state index < -0.39 is 12.3 Å². The molecular weight excluding hydrogens is 272 g/mol. The third-order valence-corrected chi connectivity index (χ3v) is 3.05. The van der Waals surface area contributed by atoms with Crippen molar-refractivity contribution in [1.82, 2.24) is 0 Å². The molecule has 0 aliphatic heterocycles. The number of hydrogen-bond donors (Lipinski definition) is 1. The molecule has 0 aromatic carbocycles. The maximum absolute atomic E-state index is 8.48. The largest absolute Gasteiger partial charge is 0.652 e. The van der Waals surface area contributed by atoms with Crippen LogP contribution in [0.1, 0.15) is 46.5 Å². The molecule has 8 nitrogen and oxygen atoms in total. The first-order valence-corrected chi connectivity index (χ1v) is 6.06. The summed E-state index contributed by atoms with van der Waals surface area (Å²) in [5, 5.41) is 41.8. The maximum Gasteiger partial charge on any atom is 0.0927 e. The van der Waals surface area contributed by atoms with Gasteiger partial charge in [0.15, 0.2) is 0 Å². The number of carbonyl (C=O) groups is 2. The molecule has 1 aliphatic rings. The zero-order valence-corrected chi connectivity index (χ0v) is 11.8. The van der Waals surface area contributed by atoms with Crippen LogP contribution in [-0.4, -0.2) is 23.7 Å². The number of carboxylic acid groups (broad SMARTS) is 4. The van der Waals surface area contributed by atoms with Gasteiger partial charge in [-0.1, -0.05) is 20.8 Å². The summed E-state index contributed by atoms with van der Waals surface area (Å²) in [7, 11) is 0. The lowest BCUT2D eigenvalue weighted by molar-refractivity contribution is -0.417. The Hall–Kier alpha value is -1.54. The first kappa shape index (κ1) is 20.8. The SMILES string of the molecule is CC(C)(C)C1CCC(OO)CC1.O=C([O-])[O-].O=C([O-])[O-]. The fourth-order valence-corrected chi connectivity index (χ4v) is 2.03. The van der Waals surface area contributed by atoms with E-state index in [4.69, 9.17) is 35.3 Å². The fraction of sp³-hybridized carbons (Fsp3) is 0.833. The second-order valence-corrected chi connectivity index (χ2v) is 5.45. The van der Waals surface area contributed by atoms with E-state index >= 15 is 0 Å². The maximum atomic E-state index is 8.48. The molecule has 0 aromatic heterocycles. The molecule has 0 radical (unpaired) electrons. The van der Waals surface area contributed by atoms with E-state index in [0.29, 0.717) is 5.41 Å². The van der Waals surface area contributed by atoms with Crippen LogP contribution < -0.4 is 20.4 Å². The summed E-state index contributed by atoms with van der Waals surface area (Å²) in [5.41, 5.74) is 0.417. The predicted octanol–water partition coefficient (Wildman–Crippen LogP) is -1.81. The van der Waals surface area contributed by atoms with E-state index in [2.05, 4.69) is 25.7 Å². The molecule has 120 valence electrons. The Balaban J connectivity index is 0. The summed E-state index contributed by atoms with van der Waals surface area (Å²) in [6, 6.07) is 0. The van der Waals surface area contributed by atoms with Crippen LogP contribution in [0.25, 0.3) is 0 Å². The van der Waals surface area contributed by atoms with E-state index in [0.717, 1.165) is 18.8 Å². The van der Waals surface area contributed by atoms with Gasteiger partial charge in [-0.15, -0.1) is 0 Å². The molecule has 1 N–H and O–H groups in total. The lowest BCUT2D eigenvalue weighted by Crippen LogP contribution is -2.37. The standard InChI is InChI=1S/C10H20O2.2CH2O3/c1-10(2,3)8-4-6-9(12-11)7-5-8;2*2-1(3)4/h8-9,11H,4-7H2,1-3H3;2*(H2,2,3,4)/p-4. The molecule has 1 saturated carbocycles. The topological polar surface area (TPSA) is 156 Å². The van der Waals surface area contributed by atoms with Crippen molar-refractivity contribution in [3.63, 3.8) is 0 Å². The summed E-state index contributed by atoms with van der Waals surface area (Å²) >= 11 is 0. The third kappa shape index (κ3) is 14.5.